The summed E-state index contributed by atoms with van der Waals surface area (Å²) in [6.07, 6.45) is 1.92. The number of hydrogen-bond donors (Lipinski definition) is 1. The van der Waals surface area contributed by atoms with Crippen molar-refractivity contribution in [2.45, 2.75) is 45.6 Å². The third-order valence-electron chi connectivity index (χ3n) is 5.44. The van der Waals surface area contributed by atoms with E-state index in [9.17, 15) is 14.4 Å². The van der Waals surface area contributed by atoms with Crippen LogP contribution in [0.1, 0.15) is 57.5 Å². The number of ketones is 1. The van der Waals surface area contributed by atoms with Gasteiger partial charge in [0, 0.05) is 43.1 Å². The Balaban J connectivity index is 1.42. The molecule has 1 aliphatic rings. The third kappa shape index (κ3) is 5.76. The lowest BCUT2D eigenvalue weighted by atomic mass is 10.0. The van der Waals surface area contributed by atoms with Crippen molar-refractivity contribution in [3.63, 3.8) is 0 Å². The first-order chi connectivity index (χ1) is 13.9. The molecule has 5 heteroatoms. The summed E-state index contributed by atoms with van der Waals surface area (Å²) in [5.41, 5.74) is 3.54. The zero-order valence-corrected chi connectivity index (χ0v) is 17.1. The van der Waals surface area contributed by atoms with Gasteiger partial charge >= 0.3 is 0 Å². The summed E-state index contributed by atoms with van der Waals surface area (Å²) < 4.78 is 0. The molecular formula is C24H28N2O3. The number of likely N-dealkylation sites (tertiary alicyclic amines) is 1. The first-order valence-electron chi connectivity index (χ1n) is 10.2. The van der Waals surface area contributed by atoms with Crippen molar-refractivity contribution in [2.24, 2.45) is 0 Å². The Bertz CT molecular complexity index is 864. The normalized spacial score (nSPS) is 14.5. The molecule has 0 aliphatic carbocycles. The van der Waals surface area contributed by atoms with Crippen LogP contribution in [0, 0.1) is 13.8 Å². The van der Waals surface area contributed by atoms with Gasteiger partial charge < -0.3 is 10.2 Å². The summed E-state index contributed by atoms with van der Waals surface area (Å²) in [5, 5.41) is 3.06. The average molecular weight is 392 g/mol. The molecule has 0 saturated carbocycles. The number of hydrogen-bond acceptors (Lipinski definition) is 3. The number of Topliss-reactive ketones (excluding diaryl/α,β-unsaturated/α-hetero) is 1. The van der Waals surface area contributed by atoms with E-state index < -0.39 is 0 Å². The van der Waals surface area contributed by atoms with E-state index in [1.165, 1.54) is 0 Å². The zero-order chi connectivity index (χ0) is 20.8. The lowest BCUT2D eigenvalue weighted by molar-refractivity contribution is -0.132. The van der Waals surface area contributed by atoms with E-state index in [1.807, 2.05) is 62.4 Å². The number of carbonyl (C=O) groups is 3. The van der Waals surface area contributed by atoms with Gasteiger partial charge in [0.1, 0.15) is 0 Å². The average Bonchev–Trinajstić information content (AvgIpc) is 2.73. The lowest BCUT2D eigenvalue weighted by Gasteiger charge is -2.32. The molecule has 0 bridgehead atoms. The Labute approximate surface area is 172 Å². The lowest BCUT2D eigenvalue weighted by Crippen LogP contribution is -2.46. The summed E-state index contributed by atoms with van der Waals surface area (Å²) in [7, 11) is 0. The van der Waals surface area contributed by atoms with Crippen LogP contribution in [-0.4, -0.2) is 41.6 Å². The van der Waals surface area contributed by atoms with Crippen molar-refractivity contribution in [1.29, 1.82) is 0 Å². The maximum absolute atomic E-state index is 12.5. The van der Waals surface area contributed by atoms with Crippen molar-refractivity contribution in [1.82, 2.24) is 10.2 Å². The molecule has 1 saturated heterocycles. The van der Waals surface area contributed by atoms with Crippen molar-refractivity contribution in [3.8, 4) is 0 Å². The Kier molecular flexibility index (Phi) is 6.81. The van der Waals surface area contributed by atoms with Crippen molar-refractivity contribution >= 4 is 17.6 Å². The number of nitrogens with one attached hydrogen (secondary N) is 1. The van der Waals surface area contributed by atoms with E-state index in [0.29, 0.717) is 24.2 Å². The highest BCUT2D eigenvalue weighted by Gasteiger charge is 2.24. The third-order valence-corrected chi connectivity index (χ3v) is 5.44. The molecule has 1 heterocycles. The Morgan fingerprint density at radius 1 is 0.828 bits per heavy atom. The molecule has 1 N–H and O–H groups in total. The minimum Gasteiger partial charge on any atom is -0.349 e. The van der Waals surface area contributed by atoms with Crippen LogP contribution in [0.4, 0.5) is 0 Å². The Hall–Kier alpha value is -2.95. The van der Waals surface area contributed by atoms with Crippen molar-refractivity contribution in [3.05, 3.63) is 70.8 Å². The number of rotatable bonds is 6. The van der Waals surface area contributed by atoms with Crippen LogP contribution in [0.5, 0.6) is 0 Å². The molecule has 2 aromatic rings. The zero-order valence-electron chi connectivity index (χ0n) is 17.1. The van der Waals surface area contributed by atoms with Crippen LogP contribution >= 0.6 is 0 Å². The number of amides is 2. The van der Waals surface area contributed by atoms with Gasteiger partial charge in [0.2, 0.25) is 5.91 Å². The van der Waals surface area contributed by atoms with Gasteiger partial charge in [-0.25, -0.2) is 0 Å². The fourth-order valence-corrected chi connectivity index (χ4v) is 3.51. The van der Waals surface area contributed by atoms with Gasteiger partial charge in [-0.3, -0.25) is 14.4 Å². The first-order valence-corrected chi connectivity index (χ1v) is 10.2. The van der Waals surface area contributed by atoms with Gasteiger partial charge in [0.25, 0.3) is 5.91 Å². The number of nitrogens with zero attached hydrogens (tertiary/aromatic N) is 1. The molecule has 152 valence electrons. The van der Waals surface area contributed by atoms with Gasteiger partial charge in [0.05, 0.1) is 0 Å². The second-order valence-corrected chi connectivity index (χ2v) is 7.78. The summed E-state index contributed by atoms with van der Waals surface area (Å²) in [6.45, 7) is 5.18. The van der Waals surface area contributed by atoms with Crippen LogP contribution in [0.15, 0.2) is 48.5 Å². The van der Waals surface area contributed by atoms with Gasteiger partial charge in [-0.15, -0.1) is 0 Å². The van der Waals surface area contributed by atoms with Gasteiger partial charge in [-0.2, -0.15) is 0 Å². The van der Waals surface area contributed by atoms with E-state index in [4.69, 9.17) is 0 Å². The highest BCUT2D eigenvalue weighted by molar-refractivity contribution is 5.98. The molecule has 5 nitrogen and oxygen atoms in total. The molecule has 29 heavy (non-hydrogen) atoms. The molecular weight excluding hydrogens is 364 g/mol. The second-order valence-electron chi connectivity index (χ2n) is 7.78. The first kappa shape index (κ1) is 20.8. The molecule has 0 spiro atoms. The molecule has 1 aliphatic heterocycles. The minimum atomic E-state index is -0.0709. The SMILES string of the molecule is Cc1ccc(C(=O)CCC(=O)N2CCC(NC(=O)c3ccc(C)cc3)CC2)cc1. The highest BCUT2D eigenvalue weighted by atomic mass is 16.2. The smallest absolute Gasteiger partial charge is 0.251 e. The predicted molar refractivity (Wildman–Crippen MR) is 113 cm³/mol. The summed E-state index contributed by atoms with van der Waals surface area (Å²) in [6, 6.07) is 15.0. The Morgan fingerprint density at radius 2 is 1.34 bits per heavy atom. The standard InChI is InChI=1S/C24H28N2O3/c1-17-3-7-19(8-4-17)22(27)11-12-23(28)26-15-13-21(14-16-26)25-24(29)20-9-5-18(2)6-10-20/h3-10,21H,11-16H2,1-2H3,(H,25,29). The van der Waals surface area contributed by atoms with Crippen LogP contribution in [0.3, 0.4) is 0 Å². The number of piperidine rings is 1. The van der Waals surface area contributed by atoms with Crippen LogP contribution in [0.25, 0.3) is 0 Å². The molecule has 2 amide bonds. The second kappa shape index (κ2) is 9.50. The van der Waals surface area contributed by atoms with Gasteiger partial charge in [0.15, 0.2) is 5.78 Å². The maximum atomic E-state index is 12.5. The predicted octanol–water partition coefficient (Wildman–Crippen LogP) is 3.69. The number of aryl methyl sites for hydroxylation is 2. The number of benzene rings is 2. The van der Waals surface area contributed by atoms with E-state index >= 15 is 0 Å². The maximum Gasteiger partial charge on any atom is 0.251 e. The summed E-state index contributed by atoms with van der Waals surface area (Å²) in [5.74, 6) is -0.0640. The van der Waals surface area contributed by atoms with Crippen LogP contribution < -0.4 is 5.32 Å². The quantitative estimate of drug-likeness (QED) is 0.763. The molecule has 1 fully saturated rings. The largest absolute Gasteiger partial charge is 0.349 e. The highest BCUT2D eigenvalue weighted by Crippen LogP contribution is 2.15. The van der Waals surface area contributed by atoms with E-state index in [-0.39, 0.29) is 36.5 Å². The van der Waals surface area contributed by atoms with Gasteiger partial charge in [-0.05, 0) is 38.8 Å². The molecule has 0 atom stereocenters. The van der Waals surface area contributed by atoms with E-state index in [2.05, 4.69) is 5.32 Å². The molecule has 3 rings (SSSR count). The van der Waals surface area contributed by atoms with Crippen LogP contribution in [0.2, 0.25) is 0 Å². The van der Waals surface area contributed by atoms with Crippen LogP contribution in [-0.2, 0) is 4.79 Å². The van der Waals surface area contributed by atoms with E-state index in [0.717, 1.165) is 24.0 Å². The topological polar surface area (TPSA) is 66.5 Å². The fraction of sp³-hybridized carbons (Fsp3) is 0.375. The molecule has 0 radical (unpaired) electrons. The molecule has 0 unspecified atom stereocenters. The number of carbonyl (C=O) groups excluding carboxylic acids is 3. The minimum absolute atomic E-state index is 0.00130. The van der Waals surface area contributed by atoms with Crippen molar-refractivity contribution < 1.29 is 14.4 Å². The molecule has 2 aromatic carbocycles. The van der Waals surface area contributed by atoms with E-state index in [1.54, 1.807) is 4.90 Å². The molecule has 0 aromatic heterocycles. The fourth-order valence-electron chi connectivity index (χ4n) is 3.51. The van der Waals surface area contributed by atoms with Gasteiger partial charge in [-0.1, -0.05) is 47.5 Å². The van der Waals surface area contributed by atoms with Crippen molar-refractivity contribution in [2.75, 3.05) is 13.1 Å². The Morgan fingerprint density at radius 3 is 1.90 bits per heavy atom. The monoisotopic (exact) mass is 392 g/mol. The summed E-state index contributed by atoms with van der Waals surface area (Å²) in [4.78, 5) is 38.9. The summed E-state index contributed by atoms with van der Waals surface area (Å²) >= 11 is 0.